The molecule has 0 fully saturated rings. The Morgan fingerprint density at radius 1 is 1.09 bits per heavy atom. The molecule has 3 rings (SSSR count). The first kappa shape index (κ1) is 22.9. The molecule has 166 valence electrons. The molecule has 3 aromatic rings. The lowest BCUT2D eigenvalue weighted by molar-refractivity contribution is -0.136. The fourth-order valence-corrected chi connectivity index (χ4v) is 3.39. The van der Waals surface area contributed by atoms with Crippen LogP contribution in [0.15, 0.2) is 59.4 Å². The molecule has 1 aromatic heterocycles. The third-order valence-corrected chi connectivity index (χ3v) is 5.16. The number of urea groups is 1. The number of rotatable bonds is 6. The van der Waals surface area contributed by atoms with Crippen LogP contribution in [0.1, 0.15) is 12.1 Å². The summed E-state index contributed by atoms with van der Waals surface area (Å²) >= 11 is 6.10. The number of aromatic nitrogens is 1. The Hall–Kier alpha value is -3.78. The summed E-state index contributed by atoms with van der Waals surface area (Å²) in [5.74, 6) is -1.44. The molecular formula is C23H22ClN3O5. The van der Waals surface area contributed by atoms with E-state index in [1.165, 1.54) is 17.7 Å². The van der Waals surface area contributed by atoms with Gasteiger partial charge in [-0.3, -0.25) is 14.5 Å². The number of halogens is 1. The third kappa shape index (κ3) is 4.92. The van der Waals surface area contributed by atoms with Crippen molar-refractivity contribution in [2.75, 3.05) is 11.4 Å². The summed E-state index contributed by atoms with van der Waals surface area (Å²) in [6.07, 6.45) is -0.292. The number of amides is 2. The zero-order valence-corrected chi connectivity index (χ0v) is 18.3. The number of hydrogen-bond donors (Lipinski definition) is 3. The molecule has 32 heavy (non-hydrogen) atoms. The number of carboxylic acids is 1. The van der Waals surface area contributed by atoms with Crippen LogP contribution in [0, 0.1) is 6.92 Å². The number of carbonyl (C=O) groups is 2. The summed E-state index contributed by atoms with van der Waals surface area (Å²) in [5, 5.41) is 22.5. The number of hydrogen-bond acceptors (Lipinski definition) is 4. The van der Waals surface area contributed by atoms with Gasteiger partial charge in [-0.15, -0.1) is 0 Å². The second kappa shape index (κ2) is 9.57. The monoisotopic (exact) mass is 455 g/mol. The highest BCUT2D eigenvalue weighted by molar-refractivity contribution is 6.30. The van der Waals surface area contributed by atoms with Crippen LogP contribution < -0.4 is 15.8 Å². The van der Waals surface area contributed by atoms with Gasteiger partial charge in [-0.05, 0) is 42.3 Å². The van der Waals surface area contributed by atoms with E-state index in [1.807, 2.05) is 12.1 Å². The van der Waals surface area contributed by atoms with E-state index in [9.17, 15) is 19.5 Å². The lowest BCUT2D eigenvalue weighted by Gasteiger charge is -2.25. The van der Waals surface area contributed by atoms with Crippen molar-refractivity contribution in [1.29, 1.82) is 0 Å². The predicted molar refractivity (Wildman–Crippen MR) is 123 cm³/mol. The minimum absolute atomic E-state index is 0.147. The minimum Gasteiger partial charge on any atom is -0.505 e. The number of aliphatic carboxylic acids is 1. The molecule has 0 aliphatic rings. The van der Waals surface area contributed by atoms with Gasteiger partial charge in [-0.1, -0.05) is 35.9 Å². The molecule has 0 aliphatic heterocycles. The van der Waals surface area contributed by atoms with Gasteiger partial charge >= 0.3 is 12.0 Å². The highest BCUT2D eigenvalue weighted by atomic mass is 35.5. The van der Waals surface area contributed by atoms with Crippen molar-refractivity contribution in [2.24, 2.45) is 7.05 Å². The molecule has 0 radical (unpaired) electrons. The van der Waals surface area contributed by atoms with Crippen LogP contribution in [0.5, 0.6) is 5.75 Å². The van der Waals surface area contributed by atoms with Crippen LogP contribution in [-0.4, -0.2) is 33.3 Å². The highest BCUT2D eigenvalue weighted by Crippen LogP contribution is 2.33. The zero-order chi connectivity index (χ0) is 23.4. The SMILES string of the molecule is Cc1cc(O)c(N(C(=O)NCCC(=O)O)c2cccc(-c3cccc(Cl)c3)c2)c(=O)n1C. The van der Waals surface area contributed by atoms with Gasteiger partial charge in [0.15, 0.2) is 5.69 Å². The molecule has 0 unspecified atom stereocenters. The number of nitrogens with zero attached hydrogens (tertiary/aromatic N) is 2. The number of anilines is 2. The van der Waals surface area contributed by atoms with Crippen molar-refractivity contribution in [1.82, 2.24) is 9.88 Å². The lowest BCUT2D eigenvalue weighted by Crippen LogP contribution is -2.41. The molecular weight excluding hydrogens is 434 g/mol. The smallest absolute Gasteiger partial charge is 0.326 e. The molecule has 0 aliphatic carbocycles. The molecule has 3 N–H and O–H groups in total. The van der Waals surface area contributed by atoms with E-state index in [2.05, 4.69) is 5.32 Å². The third-order valence-electron chi connectivity index (χ3n) is 4.93. The average Bonchev–Trinajstić information content (AvgIpc) is 2.75. The van der Waals surface area contributed by atoms with Crippen LogP contribution in [0.4, 0.5) is 16.2 Å². The number of aryl methyl sites for hydroxylation is 1. The van der Waals surface area contributed by atoms with E-state index in [0.717, 1.165) is 16.0 Å². The van der Waals surface area contributed by atoms with Crippen molar-refractivity contribution < 1.29 is 19.8 Å². The first-order valence-corrected chi connectivity index (χ1v) is 10.1. The molecule has 0 bridgehead atoms. The summed E-state index contributed by atoms with van der Waals surface area (Å²) in [6.45, 7) is 1.51. The molecule has 2 amide bonds. The summed E-state index contributed by atoms with van der Waals surface area (Å²) in [7, 11) is 1.53. The van der Waals surface area contributed by atoms with Crippen molar-refractivity contribution >= 4 is 35.0 Å². The van der Waals surface area contributed by atoms with E-state index in [0.29, 0.717) is 16.4 Å². The van der Waals surface area contributed by atoms with E-state index in [-0.39, 0.29) is 24.4 Å². The van der Waals surface area contributed by atoms with Gasteiger partial charge in [0.2, 0.25) is 0 Å². The van der Waals surface area contributed by atoms with Crippen LogP contribution >= 0.6 is 11.6 Å². The minimum atomic E-state index is -1.08. The number of nitrogens with one attached hydrogen (secondary N) is 1. The number of carboxylic acid groups (broad SMARTS) is 1. The van der Waals surface area contributed by atoms with Crippen LogP contribution in [0.25, 0.3) is 11.1 Å². The van der Waals surface area contributed by atoms with Gasteiger partial charge in [0.25, 0.3) is 5.56 Å². The summed E-state index contributed by atoms with van der Waals surface area (Å²) in [6, 6.07) is 14.6. The van der Waals surface area contributed by atoms with Crippen LogP contribution in [0.3, 0.4) is 0 Å². The summed E-state index contributed by atoms with van der Waals surface area (Å²) in [4.78, 5) is 37.9. The van der Waals surface area contributed by atoms with Gasteiger partial charge in [0.1, 0.15) is 5.75 Å². The molecule has 8 nitrogen and oxygen atoms in total. The first-order chi connectivity index (χ1) is 15.2. The molecule has 0 saturated carbocycles. The van der Waals surface area contributed by atoms with Gasteiger partial charge in [-0.2, -0.15) is 0 Å². The van der Waals surface area contributed by atoms with Crippen LogP contribution in [-0.2, 0) is 11.8 Å². The van der Waals surface area contributed by atoms with Gasteiger partial charge in [0, 0.05) is 30.4 Å². The molecule has 0 saturated heterocycles. The zero-order valence-electron chi connectivity index (χ0n) is 17.5. The van der Waals surface area contributed by atoms with Gasteiger partial charge in [-0.25, -0.2) is 4.79 Å². The highest BCUT2D eigenvalue weighted by Gasteiger charge is 2.26. The number of carbonyl (C=O) groups excluding carboxylic acids is 1. The quantitative estimate of drug-likeness (QED) is 0.519. The van der Waals surface area contributed by atoms with Crippen LogP contribution in [0.2, 0.25) is 5.02 Å². The maximum absolute atomic E-state index is 13.1. The Bertz CT molecular complexity index is 1240. The Morgan fingerprint density at radius 3 is 2.41 bits per heavy atom. The largest absolute Gasteiger partial charge is 0.505 e. The van der Waals surface area contributed by atoms with E-state index in [4.69, 9.17) is 16.7 Å². The normalized spacial score (nSPS) is 10.6. The number of pyridine rings is 1. The first-order valence-electron chi connectivity index (χ1n) is 9.74. The Labute approximate surface area is 189 Å². The molecule has 0 atom stereocenters. The predicted octanol–water partition coefficient (Wildman–Crippen LogP) is 4.04. The molecule has 9 heteroatoms. The van der Waals surface area contributed by atoms with E-state index >= 15 is 0 Å². The maximum atomic E-state index is 13.1. The van der Waals surface area contributed by atoms with Gasteiger partial charge in [0.05, 0.1) is 12.1 Å². The summed E-state index contributed by atoms with van der Waals surface area (Å²) in [5.41, 5.74) is 1.53. The van der Waals surface area contributed by atoms with Crippen molar-refractivity contribution in [3.63, 3.8) is 0 Å². The fourth-order valence-electron chi connectivity index (χ4n) is 3.20. The van der Waals surface area contributed by atoms with Crippen molar-refractivity contribution in [3.8, 4) is 16.9 Å². The Morgan fingerprint density at radius 2 is 1.75 bits per heavy atom. The van der Waals surface area contributed by atoms with Crippen molar-refractivity contribution in [2.45, 2.75) is 13.3 Å². The standard InChI is InChI=1S/C23H22ClN3O5/c1-14-11-19(28)21(22(31)26(14)2)27(23(32)25-10-9-20(29)30)18-8-4-6-16(13-18)15-5-3-7-17(24)12-15/h3-8,11-13,28H,9-10H2,1-2H3,(H,25,32)(H,29,30). The Balaban J connectivity index is 2.13. The second-order valence-electron chi connectivity index (χ2n) is 7.16. The fraction of sp³-hybridized carbons (Fsp3) is 0.174. The molecule has 1 heterocycles. The van der Waals surface area contributed by atoms with Crippen molar-refractivity contribution in [3.05, 3.63) is 75.7 Å². The van der Waals surface area contributed by atoms with E-state index in [1.54, 1.807) is 43.3 Å². The summed E-state index contributed by atoms with van der Waals surface area (Å²) < 4.78 is 1.31. The lowest BCUT2D eigenvalue weighted by atomic mass is 10.0. The maximum Gasteiger partial charge on any atom is 0.326 e. The van der Waals surface area contributed by atoms with E-state index < -0.39 is 17.6 Å². The number of aromatic hydroxyl groups is 1. The Kier molecular flexibility index (Phi) is 6.85. The topological polar surface area (TPSA) is 112 Å². The molecule has 2 aromatic carbocycles. The van der Waals surface area contributed by atoms with Gasteiger partial charge < -0.3 is 20.1 Å². The second-order valence-corrected chi connectivity index (χ2v) is 7.59. The average molecular weight is 456 g/mol. The number of benzene rings is 2. The molecule has 0 spiro atoms.